The van der Waals surface area contributed by atoms with Crippen LogP contribution in [0.2, 0.25) is 0 Å². The van der Waals surface area contributed by atoms with Gasteiger partial charge in [-0.05, 0) is 62.1 Å². The Bertz CT molecular complexity index is 1190. The van der Waals surface area contributed by atoms with Crippen molar-refractivity contribution in [2.45, 2.75) is 45.1 Å². The highest BCUT2D eigenvalue weighted by Gasteiger charge is 2.29. The molecule has 5 nitrogen and oxygen atoms in total. The fourth-order valence-corrected chi connectivity index (χ4v) is 5.36. The van der Waals surface area contributed by atoms with Crippen LogP contribution in [0.3, 0.4) is 0 Å². The highest BCUT2D eigenvalue weighted by molar-refractivity contribution is 7.92. The molecule has 0 radical (unpaired) electrons. The summed E-state index contributed by atoms with van der Waals surface area (Å²) in [5.74, 6) is -0.358. The van der Waals surface area contributed by atoms with E-state index in [1.807, 2.05) is 52.0 Å². The molecule has 32 heavy (non-hydrogen) atoms. The maximum absolute atomic E-state index is 13.5. The Balaban J connectivity index is 1.93. The second-order valence-corrected chi connectivity index (χ2v) is 9.82. The van der Waals surface area contributed by atoms with E-state index in [0.29, 0.717) is 12.1 Å². The molecule has 0 saturated heterocycles. The van der Waals surface area contributed by atoms with Gasteiger partial charge in [-0.15, -0.1) is 0 Å². The molecule has 0 aromatic heterocycles. The molecule has 6 heteroatoms. The molecule has 0 aliphatic rings. The first kappa shape index (κ1) is 23.5. The maximum atomic E-state index is 13.5. The number of hydrogen-bond donors (Lipinski definition) is 1. The number of sulfonamides is 1. The van der Waals surface area contributed by atoms with Gasteiger partial charge in [0.15, 0.2) is 0 Å². The Morgan fingerprint density at radius 3 is 2.28 bits per heavy atom. The molecule has 3 aromatic rings. The van der Waals surface area contributed by atoms with Crippen molar-refractivity contribution in [2.75, 3.05) is 10.8 Å². The van der Waals surface area contributed by atoms with Crippen molar-refractivity contribution < 1.29 is 13.2 Å². The number of aryl methyl sites for hydroxylation is 3. The standard InChI is InChI=1S/C26H30N2O3S/c1-5-22-11-9-10-14-25(22)28(32(30,31)23-12-7-6-8-13-23)18-26(29)27-21(4)24-16-15-19(2)17-20(24)3/h6-17,21H,5,18H2,1-4H3,(H,27,29)/t21-/m0/s1. The summed E-state index contributed by atoms with van der Waals surface area (Å²) < 4.78 is 28.3. The van der Waals surface area contributed by atoms with Gasteiger partial charge in [-0.3, -0.25) is 9.10 Å². The first-order chi connectivity index (χ1) is 15.2. The molecular formula is C26H30N2O3S. The first-order valence-electron chi connectivity index (χ1n) is 10.8. The number of carbonyl (C=O) groups is 1. The Morgan fingerprint density at radius 1 is 0.969 bits per heavy atom. The minimum atomic E-state index is -3.92. The third-order valence-electron chi connectivity index (χ3n) is 5.53. The summed E-state index contributed by atoms with van der Waals surface area (Å²) in [5, 5.41) is 2.97. The molecule has 0 heterocycles. The number of nitrogens with one attached hydrogen (secondary N) is 1. The monoisotopic (exact) mass is 450 g/mol. The number of amides is 1. The number of carbonyl (C=O) groups excluding carboxylic acids is 1. The molecule has 1 amide bonds. The van der Waals surface area contributed by atoms with Crippen molar-refractivity contribution in [2.24, 2.45) is 0 Å². The van der Waals surface area contributed by atoms with Crippen LogP contribution in [0.1, 0.15) is 42.1 Å². The fraction of sp³-hybridized carbons (Fsp3) is 0.269. The van der Waals surface area contributed by atoms with Crippen LogP contribution in [0.4, 0.5) is 5.69 Å². The van der Waals surface area contributed by atoms with Gasteiger partial charge in [-0.1, -0.05) is 67.1 Å². The number of anilines is 1. The van der Waals surface area contributed by atoms with Crippen molar-refractivity contribution in [3.63, 3.8) is 0 Å². The van der Waals surface area contributed by atoms with Gasteiger partial charge >= 0.3 is 0 Å². The van der Waals surface area contributed by atoms with Crippen LogP contribution >= 0.6 is 0 Å². The van der Waals surface area contributed by atoms with Crippen molar-refractivity contribution in [1.29, 1.82) is 0 Å². The first-order valence-corrected chi connectivity index (χ1v) is 12.2. The summed E-state index contributed by atoms with van der Waals surface area (Å²) in [7, 11) is -3.92. The topological polar surface area (TPSA) is 66.5 Å². The van der Waals surface area contributed by atoms with E-state index in [4.69, 9.17) is 0 Å². The number of benzene rings is 3. The third-order valence-corrected chi connectivity index (χ3v) is 7.30. The lowest BCUT2D eigenvalue weighted by atomic mass is 10.0. The molecule has 3 rings (SSSR count). The molecule has 0 spiro atoms. The van der Waals surface area contributed by atoms with Crippen LogP contribution in [0.5, 0.6) is 0 Å². The highest BCUT2D eigenvalue weighted by Crippen LogP contribution is 2.27. The van der Waals surface area contributed by atoms with Crippen LogP contribution in [0, 0.1) is 13.8 Å². The van der Waals surface area contributed by atoms with Crippen molar-refractivity contribution >= 4 is 21.6 Å². The van der Waals surface area contributed by atoms with Gasteiger partial charge in [-0.2, -0.15) is 0 Å². The summed E-state index contributed by atoms with van der Waals surface area (Å²) in [5.41, 5.74) is 4.63. The second kappa shape index (κ2) is 10.0. The zero-order valence-corrected chi connectivity index (χ0v) is 19.8. The third kappa shape index (κ3) is 5.19. The summed E-state index contributed by atoms with van der Waals surface area (Å²) >= 11 is 0. The molecule has 0 saturated carbocycles. The Hall–Kier alpha value is -3.12. The zero-order valence-electron chi connectivity index (χ0n) is 19.0. The predicted octanol–water partition coefficient (Wildman–Crippen LogP) is 4.94. The van der Waals surface area contributed by atoms with Gasteiger partial charge in [0.2, 0.25) is 5.91 Å². The number of rotatable bonds is 8. The molecule has 0 fully saturated rings. The average molecular weight is 451 g/mol. The fourth-order valence-electron chi connectivity index (χ4n) is 3.88. The van der Waals surface area contributed by atoms with Crippen LogP contribution in [-0.4, -0.2) is 20.9 Å². The molecule has 0 unspecified atom stereocenters. The minimum Gasteiger partial charge on any atom is -0.348 e. The van der Waals surface area contributed by atoms with E-state index in [0.717, 1.165) is 22.3 Å². The quantitative estimate of drug-likeness (QED) is 0.529. The molecule has 168 valence electrons. The van der Waals surface area contributed by atoms with E-state index in [-0.39, 0.29) is 23.4 Å². The second-order valence-electron chi connectivity index (χ2n) is 7.96. The minimum absolute atomic E-state index is 0.154. The van der Waals surface area contributed by atoms with Gasteiger partial charge in [0, 0.05) is 0 Å². The van der Waals surface area contributed by atoms with E-state index in [1.165, 1.54) is 4.31 Å². The zero-order chi connectivity index (χ0) is 23.3. The number of para-hydroxylation sites is 1. The summed E-state index contributed by atoms with van der Waals surface area (Å²) in [6.07, 6.45) is 0.650. The van der Waals surface area contributed by atoms with E-state index < -0.39 is 10.0 Å². The molecule has 3 aromatic carbocycles. The van der Waals surface area contributed by atoms with Crippen molar-refractivity contribution in [3.05, 3.63) is 95.1 Å². The van der Waals surface area contributed by atoms with Crippen molar-refractivity contribution in [3.8, 4) is 0 Å². The normalized spacial score (nSPS) is 12.2. The van der Waals surface area contributed by atoms with E-state index in [9.17, 15) is 13.2 Å². The molecule has 0 aliphatic carbocycles. The van der Waals surface area contributed by atoms with Crippen LogP contribution in [0.25, 0.3) is 0 Å². The summed E-state index contributed by atoms with van der Waals surface area (Å²) in [4.78, 5) is 13.2. The number of hydrogen-bond acceptors (Lipinski definition) is 3. The average Bonchev–Trinajstić information content (AvgIpc) is 2.77. The predicted molar refractivity (Wildman–Crippen MR) is 129 cm³/mol. The summed E-state index contributed by atoms with van der Waals surface area (Å²) in [6, 6.07) is 21.4. The van der Waals surface area contributed by atoms with Gasteiger partial charge < -0.3 is 5.32 Å². The van der Waals surface area contributed by atoms with Gasteiger partial charge in [-0.25, -0.2) is 8.42 Å². The SMILES string of the molecule is CCc1ccccc1N(CC(=O)N[C@@H](C)c1ccc(C)cc1C)S(=O)(=O)c1ccccc1. The van der Waals surface area contributed by atoms with Crippen LogP contribution < -0.4 is 9.62 Å². The van der Waals surface area contributed by atoms with E-state index in [2.05, 4.69) is 11.4 Å². The number of nitrogens with zero attached hydrogens (tertiary/aromatic N) is 1. The lowest BCUT2D eigenvalue weighted by molar-refractivity contribution is -0.120. The lowest BCUT2D eigenvalue weighted by Crippen LogP contribution is -2.42. The summed E-state index contributed by atoms with van der Waals surface area (Å²) in [6.45, 7) is 7.61. The molecule has 1 atom stereocenters. The lowest BCUT2D eigenvalue weighted by Gasteiger charge is -2.27. The molecular weight excluding hydrogens is 420 g/mol. The van der Waals surface area contributed by atoms with E-state index >= 15 is 0 Å². The highest BCUT2D eigenvalue weighted by atomic mass is 32.2. The Kier molecular flexibility index (Phi) is 7.36. The Morgan fingerprint density at radius 2 is 1.62 bits per heavy atom. The van der Waals surface area contributed by atoms with Crippen molar-refractivity contribution in [1.82, 2.24) is 5.32 Å². The van der Waals surface area contributed by atoms with Gasteiger partial charge in [0.1, 0.15) is 6.54 Å². The van der Waals surface area contributed by atoms with E-state index in [1.54, 1.807) is 42.5 Å². The molecule has 0 aliphatic heterocycles. The van der Waals surface area contributed by atoms with Gasteiger partial charge in [0.05, 0.1) is 16.6 Å². The molecule has 1 N–H and O–H groups in total. The molecule has 0 bridgehead atoms. The smallest absolute Gasteiger partial charge is 0.264 e. The maximum Gasteiger partial charge on any atom is 0.264 e. The largest absolute Gasteiger partial charge is 0.348 e. The Labute approximate surface area is 191 Å². The van der Waals surface area contributed by atoms with Gasteiger partial charge in [0.25, 0.3) is 10.0 Å². The van der Waals surface area contributed by atoms with Crippen LogP contribution in [-0.2, 0) is 21.2 Å². The van der Waals surface area contributed by atoms with Crippen LogP contribution in [0.15, 0.2) is 77.7 Å².